The molecule has 168 valence electrons. The fourth-order valence-electron chi connectivity index (χ4n) is 3.09. The normalized spacial score (nSPS) is 11.1. The summed E-state index contributed by atoms with van der Waals surface area (Å²) < 4.78 is 36.6. The first-order valence-electron chi connectivity index (χ1n) is 9.97. The van der Waals surface area contributed by atoms with Crippen molar-refractivity contribution in [3.63, 3.8) is 0 Å². The van der Waals surface area contributed by atoms with Crippen molar-refractivity contribution < 1.29 is 22.7 Å². The molecule has 0 heterocycles. The van der Waals surface area contributed by atoms with Crippen molar-refractivity contribution in [1.82, 2.24) is 0 Å². The lowest BCUT2D eigenvalue weighted by atomic mass is 10.2. The van der Waals surface area contributed by atoms with Crippen LogP contribution in [0.2, 0.25) is 0 Å². The Morgan fingerprint density at radius 2 is 1.59 bits per heavy atom. The molecule has 32 heavy (non-hydrogen) atoms. The molecule has 3 aromatic carbocycles. The second kappa shape index (κ2) is 10.8. The van der Waals surface area contributed by atoms with Crippen molar-refractivity contribution >= 4 is 27.3 Å². The second-order valence-electron chi connectivity index (χ2n) is 7.22. The van der Waals surface area contributed by atoms with E-state index < -0.39 is 15.9 Å². The van der Waals surface area contributed by atoms with E-state index in [0.29, 0.717) is 30.3 Å². The molecule has 0 aliphatic carbocycles. The Bertz CT molecular complexity index is 1130. The largest absolute Gasteiger partial charge is 0.489 e. The Balaban J connectivity index is 1.67. The number of methoxy groups -OCH3 is 1. The Morgan fingerprint density at radius 1 is 0.906 bits per heavy atom. The lowest BCUT2D eigenvalue weighted by Crippen LogP contribution is -2.37. The van der Waals surface area contributed by atoms with Gasteiger partial charge in [-0.3, -0.25) is 9.10 Å². The minimum absolute atomic E-state index is 0.350. The van der Waals surface area contributed by atoms with E-state index >= 15 is 0 Å². The van der Waals surface area contributed by atoms with Gasteiger partial charge in [0.2, 0.25) is 15.9 Å². The molecule has 0 saturated heterocycles. The summed E-state index contributed by atoms with van der Waals surface area (Å²) in [4.78, 5) is 12.6. The Hall–Kier alpha value is -3.36. The summed E-state index contributed by atoms with van der Waals surface area (Å²) in [5, 5.41) is 2.74. The van der Waals surface area contributed by atoms with Gasteiger partial charge in [0.15, 0.2) is 0 Å². The fourth-order valence-corrected chi connectivity index (χ4v) is 3.94. The molecule has 8 heteroatoms. The molecule has 3 aromatic rings. The van der Waals surface area contributed by atoms with E-state index in [2.05, 4.69) is 5.32 Å². The third-order valence-electron chi connectivity index (χ3n) is 4.58. The van der Waals surface area contributed by atoms with E-state index in [4.69, 9.17) is 9.47 Å². The molecule has 0 aliphatic rings. The lowest BCUT2D eigenvalue weighted by Gasteiger charge is -2.22. The van der Waals surface area contributed by atoms with Crippen LogP contribution >= 0.6 is 0 Å². The maximum absolute atomic E-state index is 12.6. The number of benzene rings is 3. The first-order chi connectivity index (χ1) is 15.3. The van der Waals surface area contributed by atoms with E-state index in [1.807, 2.05) is 36.4 Å². The molecule has 0 saturated carbocycles. The zero-order valence-corrected chi connectivity index (χ0v) is 18.8. The van der Waals surface area contributed by atoms with E-state index in [-0.39, 0.29) is 6.54 Å². The summed E-state index contributed by atoms with van der Waals surface area (Å²) in [6, 6.07) is 23.5. The quantitative estimate of drug-likeness (QED) is 0.503. The first kappa shape index (κ1) is 23.3. The topological polar surface area (TPSA) is 84.9 Å². The predicted molar refractivity (Wildman–Crippen MR) is 125 cm³/mol. The number of amides is 1. The molecule has 0 radical (unpaired) electrons. The van der Waals surface area contributed by atoms with E-state index in [1.54, 1.807) is 49.6 Å². The smallest absolute Gasteiger partial charge is 0.245 e. The first-order valence-corrected chi connectivity index (χ1v) is 11.8. The highest BCUT2D eigenvalue weighted by Crippen LogP contribution is 2.22. The average Bonchev–Trinajstić information content (AvgIpc) is 2.77. The third kappa shape index (κ3) is 6.83. The van der Waals surface area contributed by atoms with Gasteiger partial charge in [0, 0.05) is 12.8 Å². The van der Waals surface area contributed by atoms with Crippen LogP contribution in [0.4, 0.5) is 11.4 Å². The summed E-state index contributed by atoms with van der Waals surface area (Å²) in [7, 11) is -2.09. The third-order valence-corrected chi connectivity index (χ3v) is 5.72. The predicted octanol–water partition coefficient (Wildman–Crippen LogP) is 3.82. The molecule has 0 bridgehead atoms. The van der Waals surface area contributed by atoms with Crippen LogP contribution < -0.4 is 14.4 Å². The van der Waals surface area contributed by atoms with Gasteiger partial charge < -0.3 is 14.8 Å². The number of carbonyl (C=O) groups is 1. The van der Waals surface area contributed by atoms with Crippen molar-refractivity contribution in [2.45, 2.75) is 13.2 Å². The fraction of sp³-hybridized carbons (Fsp3) is 0.208. The maximum Gasteiger partial charge on any atom is 0.245 e. The van der Waals surface area contributed by atoms with Gasteiger partial charge in [-0.2, -0.15) is 0 Å². The highest BCUT2D eigenvalue weighted by atomic mass is 32.2. The van der Waals surface area contributed by atoms with Gasteiger partial charge in [0.1, 0.15) is 18.9 Å². The van der Waals surface area contributed by atoms with Crippen LogP contribution in [0.25, 0.3) is 0 Å². The molecule has 0 fully saturated rings. The Morgan fingerprint density at radius 3 is 2.25 bits per heavy atom. The van der Waals surface area contributed by atoms with E-state index in [9.17, 15) is 13.2 Å². The SMILES string of the molecule is COCc1cccc(NC(=O)CN(c2ccc(OCc3ccccc3)cc2)S(C)(=O)=O)c1. The summed E-state index contributed by atoms with van der Waals surface area (Å²) >= 11 is 0. The summed E-state index contributed by atoms with van der Waals surface area (Å²) in [5.41, 5.74) is 2.88. The Kier molecular flexibility index (Phi) is 7.86. The molecule has 0 aliphatic heterocycles. The van der Waals surface area contributed by atoms with Gasteiger partial charge in [0.05, 0.1) is 18.6 Å². The van der Waals surface area contributed by atoms with Gasteiger partial charge in [-0.15, -0.1) is 0 Å². The van der Waals surface area contributed by atoms with Crippen LogP contribution in [0.1, 0.15) is 11.1 Å². The number of hydrogen-bond donors (Lipinski definition) is 1. The van der Waals surface area contributed by atoms with Crippen LogP contribution in [0.3, 0.4) is 0 Å². The van der Waals surface area contributed by atoms with Crippen molar-refractivity contribution in [2.24, 2.45) is 0 Å². The highest BCUT2D eigenvalue weighted by Gasteiger charge is 2.21. The summed E-state index contributed by atoms with van der Waals surface area (Å²) in [6.07, 6.45) is 1.07. The van der Waals surface area contributed by atoms with E-state index in [1.165, 1.54) is 0 Å². The average molecular weight is 455 g/mol. The standard InChI is InChI=1S/C24H26N2O5S/c1-30-17-20-9-6-10-21(15-20)25-24(27)16-26(32(2,28)29)22-11-13-23(14-12-22)31-18-19-7-4-3-5-8-19/h3-15H,16-18H2,1-2H3,(H,25,27). The van der Waals surface area contributed by atoms with Crippen LogP contribution in [-0.2, 0) is 32.8 Å². The van der Waals surface area contributed by atoms with Crippen molar-refractivity contribution in [3.05, 3.63) is 90.0 Å². The molecule has 0 aromatic heterocycles. The molecular formula is C24H26N2O5S. The van der Waals surface area contributed by atoms with Crippen LogP contribution in [0, 0.1) is 0 Å². The minimum atomic E-state index is -3.68. The number of carbonyl (C=O) groups excluding carboxylic acids is 1. The number of nitrogens with zero attached hydrogens (tertiary/aromatic N) is 1. The molecule has 0 unspecified atom stereocenters. The number of rotatable bonds is 10. The van der Waals surface area contributed by atoms with Gasteiger partial charge in [-0.05, 0) is 47.5 Å². The van der Waals surface area contributed by atoms with Gasteiger partial charge in [-0.25, -0.2) is 8.42 Å². The zero-order valence-electron chi connectivity index (χ0n) is 18.0. The van der Waals surface area contributed by atoms with Crippen LogP contribution in [0.15, 0.2) is 78.9 Å². The molecule has 0 atom stereocenters. The highest BCUT2D eigenvalue weighted by molar-refractivity contribution is 7.92. The molecular weight excluding hydrogens is 428 g/mol. The molecule has 1 N–H and O–H groups in total. The van der Waals surface area contributed by atoms with Gasteiger partial charge in [-0.1, -0.05) is 42.5 Å². The second-order valence-corrected chi connectivity index (χ2v) is 9.13. The number of anilines is 2. The number of sulfonamides is 1. The monoisotopic (exact) mass is 454 g/mol. The van der Waals surface area contributed by atoms with E-state index in [0.717, 1.165) is 21.7 Å². The number of nitrogens with one attached hydrogen (secondary N) is 1. The van der Waals surface area contributed by atoms with Crippen molar-refractivity contribution in [3.8, 4) is 5.75 Å². The number of ether oxygens (including phenoxy) is 2. The minimum Gasteiger partial charge on any atom is -0.489 e. The zero-order chi connectivity index (χ0) is 23.0. The summed E-state index contributed by atoms with van der Waals surface area (Å²) in [5.74, 6) is 0.153. The molecule has 7 nitrogen and oxygen atoms in total. The van der Waals surface area contributed by atoms with Crippen molar-refractivity contribution in [2.75, 3.05) is 29.5 Å². The Labute approximate surface area is 188 Å². The molecule has 0 spiro atoms. The van der Waals surface area contributed by atoms with Crippen molar-refractivity contribution in [1.29, 1.82) is 0 Å². The number of hydrogen-bond acceptors (Lipinski definition) is 5. The maximum atomic E-state index is 12.6. The van der Waals surface area contributed by atoms with Crippen LogP contribution in [0.5, 0.6) is 5.75 Å². The van der Waals surface area contributed by atoms with Crippen LogP contribution in [-0.4, -0.2) is 34.2 Å². The summed E-state index contributed by atoms with van der Waals surface area (Å²) in [6.45, 7) is 0.468. The lowest BCUT2D eigenvalue weighted by molar-refractivity contribution is -0.114. The molecule has 3 rings (SSSR count). The molecule has 1 amide bonds. The van der Waals surface area contributed by atoms with Gasteiger partial charge in [0.25, 0.3) is 0 Å². The van der Waals surface area contributed by atoms with Gasteiger partial charge >= 0.3 is 0 Å².